The van der Waals surface area contributed by atoms with Gasteiger partial charge in [-0.15, -0.1) is 0 Å². The van der Waals surface area contributed by atoms with Gasteiger partial charge in [0.2, 0.25) is 0 Å². The summed E-state index contributed by atoms with van der Waals surface area (Å²) in [5.41, 5.74) is 19.9. The summed E-state index contributed by atoms with van der Waals surface area (Å²) in [4.78, 5) is 10.7. The fraction of sp³-hybridized carbons (Fsp3) is 0. The van der Waals surface area contributed by atoms with Gasteiger partial charge in [0.1, 0.15) is 11.6 Å². The molecule has 2 aromatic heterocycles. The van der Waals surface area contributed by atoms with Crippen molar-refractivity contribution in [3.05, 3.63) is 279 Å². The van der Waals surface area contributed by atoms with Crippen LogP contribution in [0, 0.1) is 0 Å². The van der Waals surface area contributed by atoms with Crippen molar-refractivity contribution < 1.29 is 0 Å². The third kappa shape index (κ3) is 7.48. The topological polar surface area (TPSA) is 35.6 Å². The molecule has 74 heavy (non-hydrogen) atoms. The summed E-state index contributed by atoms with van der Waals surface area (Å²) in [7, 11) is 0. The summed E-state index contributed by atoms with van der Waals surface area (Å²) >= 11 is 0. The smallest absolute Gasteiger partial charge is 0.145 e. The van der Waals surface area contributed by atoms with E-state index < -0.39 is 0 Å². The molecule has 0 saturated carbocycles. The van der Waals surface area contributed by atoms with Gasteiger partial charge in [0.05, 0.1) is 22.1 Å². The Morgan fingerprint density at radius 3 is 1.00 bits per heavy atom. The van der Waals surface area contributed by atoms with Gasteiger partial charge < -0.3 is 0 Å². The Balaban J connectivity index is 0.946. The van der Waals surface area contributed by atoms with Crippen molar-refractivity contribution >= 4 is 43.6 Å². The van der Waals surface area contributed by atoms with Crippen molar-refractivity contribution in [1.82, 2.24) is 19.1 Å². The molecule has 0 aliphatic carbocycles. The molecule has 14 rings (SSSR count). The van der Waals surface area contributed by atoms with Crippen molar-refractivity contribution in [3.8, 4) is 89.8 Å². The van der Waals surface area contributed by atoms with Gasteiger partial charge in [-0.05, 0) is 132 Å². The van der Waals surface area contributed by atoms with Crippen LogP contribution >= 0.6 is 0 Å². The Morgan fingerprint density at radius 2 is 0.541 bits per heavy atom. The number of nitrogens with zero attached hydrogens (tertiary/aromatic N) is 4. The first-order chi connectivity index (χ1) is 36.7. The average molecular weight is 943 g/mol. The van der Waals surface area contributed by atoms with Crippen LogP contribution in [0.3, 0.4) is 0 Å². The normalized spacial score (nSPS) is 11.5. The number of hydrogen-bond acceptors (Lipinski definition) is 2. The van der Waals surface area contributed by atoms with Gasteiger partial charge in [-0.1, -0.05) is 224 Å². The summed E-state index contributed by atoms with van der Waals surface area (Å²) in [5, 5.41) is 4.76. The zero-order valence-corrected chi connectivity index (χ0v) is 40.3. The predicted molar refractivity (Wildman–Crippen MR) is 309 cm³/mol. The molecule has 0 atom stereocenters. The van der Waals surface area contributed by atoms with Crippen LogP contribution in [-0.4, -0.2) is 19.1 Å². The maximum Gasteiger partial charge on any atom is 0.145 e. The number of benzene rings is 12. The minimum Gasteiger partial charge on any atom is -0.292 e. The van der Waals surface area contributed by atoms with Crippen molar-refractivity contribution in [2.75, 3.05) is 0 Å². The van der Waals surface area contributed by atoms with Gasteiger partial charge in [-0.3, -0.25) is 9.13 Å². The van der Waals surface area contributed by atoms with E-state index in [4.69, 9.17) is 9.97 Å². The van der Waals surface area contributed by atoms with Crippen LogP contribution < -0.4 is 0 Å². The zero-order valence-electron chi connectivity index (χ0n) is 40.3. The van der Waals surface area contributed by atoms with E-state index in [0.29, 0.717) is 0 Å². The Bertz CT molecular complexity index is 4360. The van der Waals surface area contributed by atoms with Crippen molar-refractivity contribution in [1.29, 1.82) is 0 Å². The molecule has 0 amide bonds. The van der Waals surface area contributed by atoms with E-state index in [0.717, 1.165) is 78.5 Å². The van der Waals surface area contributed by atoms with Gasteiger partial charge in [-0.2, -0.15) is 0 Å². The van der Waals surface area contributed by atoms with E-state index >= 15 is 0 Å². The molecule has 0 radical (unpaired) electrons. The average Bonchev–Trinajstić information content (AvgIpc) is 4.07. The van der Waals surface area contributed by atoms with Gasteiger partial charge in [0.25, 0.3) is 0 Å². The fourth-order valence-corrected chi connectivity index (χ4v) is 11.0. The Labute approximate surface area is 429 Å². The van der Waals surface area contributed by atoms with Crippen molar-refractivity contribution in [2.45, 2.75) is 0 Å². The van der Waals surface area contributed by atoms with Gasteiger partial charge in [0.15, 0.2) is 0 Å². The lowest BCUT2D eigenvalue weighted by molar-refractivity contribution is 1.10. The minimum absolute atomic E-state index is 0.904. The molecule has 12 aromatic carbocycles. The molecule has 0 N–H and O–H groups in total. The lowest BCUT2D eigenvalue weighted by Crippen LogP contribution is -1.99. The minimum atomic E-state index is 0.904. The molecule has 0 fully saturated rings. The lowest BCUT2D eigenvalue weighted by Gasteiger charge is -2.20. The van der Waals surface area contributed by atoms with Crippen LogP contribution in [0.25, 0.3) is 133 Å². The van der Waals surface area contributed by atoms with Crippen molar-refractivity contribution in [3.63, 3.8) is 0 Å². The van der Waals surface area contributed by atoms with E-state index in [1.54, 1.807) is 0 Å². The van der Waals surface area contributed by atoms with E-state index in [9.17, 15) is 0 Å². The van der Waals surface area contributed by atoms with E-state index in [-0.39, 0.29) is 0 Å². The van der Waals surface area contributed by atoms with E-state index in [2.05, 4.69) is 288 Å². The van der Waals surface area contributed by atoms with Crippen molar-refractivity contribution in [2.24, 2.45) is 0 Å². The third-order valence-corrected chi connectivity index (χ3v) is 14.5. The first-order valence-corrected chi connectivity index (χ1v) is 25.2. The quantitative estimate of drug-likeness (QED) is 0.135. The van der Waals surface area contributed by atoms with E-state index in [1.807, 2.05) is 0 Å². The highest BCUT2D eigenvalue weighted by molar-refractivity contribution is 6.22. The van der Waals surface area contributed by atoms with Crippen LogP contribution in [0.1, 0.15) is 0 Å². The predicted octanol–water partition coefficient (Wildman–Crippen LogP) is 18.3. The highest BCUT2D eigenvalue weighted by Gasteiger charge is 2.22. The molecule has 0 saturated heterocycles. The summed E-state index contributed by atoms with van der Waals surface area (Å²) in [6.07, 6.45) is 0. The number of fused-ring (bicyclic) bond motifs is 4. The SMILES string of the molecule is c1ccc(-c2ccc3c(c2)nc(-c2ccccc2)n3-c2ccc(-c3ccc4c(-c5ccccc5)c5cc(-n6c(-c7ccccc7)nc7cc(-c8ccccc8)ccc76)ccc5c(-c5ccccc5)c4c3)cc2)cc1. The Kier molecular flexibility index (Phi) is 10.5. The number of rotatable bonds is 9. The molecule has 0 spiro atoms. The first kappa shape index (κ1) is 42.9. The molecule has 346 valence electrons. The van der Waals surface area contributed by atoms with Gasteiger partial charge in [-0.25, -0.2) is 9.97 Å². The highest BCUT2D eigenvalue weighted by Crippen LogP contribution is 2.46. The molecule has 4 nitrogen and oxygen atoms in total. The number of hydrogen-bond donors (Lipinski definition) is 0. The summed E-state index contributed by atoms with van der Waals surface area (Å²) in [6.45, 7) is 0. The monoisotopic (exact) mass is 942 g/mol. The number of aromatic nitrogens is 4. The van der Waals surface area contributed by atoms with Crippen LogP contribution in [0.2, 0.25) is 0 Å². The van der Waals surface area contributed by atoms with Crippen LogP contribution in [0.4, 0.5) is 0 Å². The molecule has 4 heteroatoms. The molecule has 14 aromatic rings. The summed E-state index contributed by atoms with van der Waals surface area (Å²) < 4.78 is 4.63. The molecular weight excluding hydrogens is 897 g/mol. The molecule has 0 bridgehead atoms. The van der Waals surface area contributed by atoms with Gasteiger partial charge in [0, 0.05) is 22.5 Å². The molecule has 0 aliphatic heterocycles. The maximum absolute atomic E-state index is 5.38. The van der Waals surface area contributed by atoms with Crippen LogP contribution in [-0.2, 0) is 0 Å². The third-order valence-electron chi connectivity index (χ3n) is 14.5. The summed E-state index contributed by atoms with van der Waals surface area (Å²) in [5.74, 6) is 1.82. The number of imidazole rings is 2. The van der Waals surface area contributed by atoms with Gasteiger partial charge >= 0.3 is 0 Å². The molecule has 2 heterocycles. The van der Waals surface area contributed by atoms with Crippen LogP contribution in [0.15, 0.2) is 279 Å². The second-order valence-corrected chi connectivity index (χ2v) is 18.9. The largest absolute Gasteiger partial charge is 0.292 e. The van der Waals surface area contributed by atoms with Crippen LogP contribution in [0.5, 0.6) is 0 Å². The molecule has 0 aliphatic rings. The fourth-order valence-electron chi connectivity index (χ4n) is 11.0. The highest BCUT2D eigenvalue weighted by atomic mass is 15.1. The Hall–Kier alpha value is -9.90. The Morgan fingerprint density at radius 1 is 0.216 bits per heavy atom. The molecular formula is C70H46N4. The van der Waals surface area contributed by atoms with E-state index in [1.165, 1.54) is 54.9 Å². The lowest BCUT2D eigenvalue weighted by atomic mass is 9.84. The zero-order chi connectivity index (χ0) is 49.0. The maximum atomic E-state index is 5.38. The standard InChI is InChI=1S/C70H46N4/c1-7-19-47(20-8-1)55-34-41-65-63(44-55)71-69(52-27-15-5-16-28-52)73(65)57-36-31-49(32-37-57)54-33-39-59-61(43-54)67(50-23-11-3-12-24-50)60-40-38-58(46-62(60)68(59)51-25-13-4-14-26-51)74-66-42-35-56(48-21-9-2-10-22-48)45-64(66)72-70(74)53-29-17-6-18-30-53/h1-46H. The summed E-state index contributed by atoms with van der Waals surface area (Å²) in [6, 6.07) is 100. The first-order valence-electron chi connectivity index (χ1n) is 25.2. The molecule has 0 unspecified atom stereocenters. The second kappa shape index (κ2) is 18.1. The second-order valence-electron chi connectivity index (χ2n) is 18.9.